The van der Waals surface area contributed by atoms with Gasteiger partial charge in [-0.25, -0.2) is 0 Å². The summed E-state index contributed by atoms with van der Waals surface area (Å²) >= 11 is 0. The monoisotopic (exact) mass is 190 g/mol. The molecule has 0 bridgehead atoms. The molecular weight excluding hydrogens is 170 g/mol. The van der Waals surface area contributed by atoms with E-state index in [1.807, 2.05) is 0 Å². The first kappa shape index (κ1) is 9.72. The third kappa shape index (κ3) is 1.98. The van der Waals surface area contributed by atoms with Crippen molar-refractivity contribution in [2.75, 3.05) is 20.1 Å². The second-order valence-electron chi connectivity index (χ2n) is 5.74. The van der Waals surface area contributed by atoms with E-state index in [0.29, 0.717) is 5.41 Å². The van der Waals surface area contributed by atoms with Crippen molar-refractivity contribution >= 4 is 0 Å². The van der Waals surface area contributed by atoms with Gasteiger partial charge in [-0.3, -0.25) is 0 Å². The predicted molar refractivity (Wildman–Crippen MR) is 59.8 cm³/mol. The van der Waals surface area contributed by atoms with Crippen LogP contribution in [0.1, 0.15) is 19.4 Å². The first-order valence-electron chi connectivity index (χ1n) is 5.37. The zero-order chi connectivity index (χ0) is 10.2. The Morgan fingerprint density at radius 1 is 1.14 bits per heavy atom. The van der Waals surface area contributed by atoms with Gasteiger partial charge in [-0.15, -0.1) is 0 Å². The van der Waals surface area contributed by atoms with Gasteiger partial charge in [0.05, 0.1) is 25.6 Å². The fraction of sp³-hybridized carbons (Fsp3) is 0.538. The standard InChI is InChI=1S/C13H20N/c1-13(2)10-14(3,11-13)9-12-7-5-4-6-8-12/h4-8H,9-11H2,1-3H3/q+1. The number of nitrogens with zero attached hydrogens (tertiary/aromatic N) is 1. The molecule has 0 aliphatic carbocycles. The van der Waals surface area contributed by atoms with E-state index in [1.165, 1.54) is 29.7 Å². The van der Waals surface area contributed by atoms with Gasteiger partial charge in [0.15, 0.2) is 0 Å². The fourth-order valence-electron chi connectivity index (χ4n) is 3.16. The van der Waals surface area contributed by atoms with Gasteiger partial charge >= 0.3 is 0 Å². The van der Waals surface area contributed by atoms with E-state index in [4.69, 9.17) is 0 Å². The highest BCUT2D eigenvalue weighted by atomic mass is 15.4. The van der Waals surface area contributed by atoms with Crippen molar-refractivity contribution in [1.82, 2.24) is 0 Å². The van der Waals surface area contributed by atoms with Crippen molar-refractivity contribution in [3.63, 3.8) is 0 Å². The maximum absolute atomic E-state index is 2.36. The minimum Gasteiger partial charge on any atom is -0.321 e. The summed E-state index contributed by atoms with van der Waals surface area (Å²) in [5, 5.41) is 0. The summed E-state index contributed by atoms with van der Waals surface area (Å²) in [5.41, 5.74) is 2.02. The topological polar surface area (TPSA) is 0 Å². The normalized spacial score (nSPS) is 22.8. The van der Waals surface area contributed by atoms with Gasteiger partial charge in [-0.2, -0.15) is 0 Å². The molecule has 1 aromatic rings. The van der Waals surface area contributed by atoms with Crippen LogP contribution in [0.5, 0.6) is 0 Å². The van der Waals surface area contributed by atoms with Crippen molar-refractivity contribution in [3.05, 3.63) is 35.9 Å². The third-order valence-electron chi connectivity index (χ3n) is 3.03. The minimum atomic E-state index is 0.559. The van der Waals surface area contributed by atoms with Crippen LogP contribution in [0.15, 0.2) is 30.3 Å². The molecule has 1 heterocycles. The second kappa shape index (κ2) is 3.09. The van der Waals surface area contributed by atoms with Crippen LogP contribution < -0.4 is 0 Å². The number of rotatable bonds is 2. The largest absolute Gasteiger partial charge is 0.321 e. The Morgan fingerprint density at radius 2 is 1.71 bits per heavy atom. The van der Waals surface area contributed by atoms with Crippen molar-refractivity contribution < 1.29 is 4.48 Å². The molecule has 0 atom stereocenters. The maximum atomic E-state index is 2.36. The van der Waals surface area contributed by atoms with Crippen LogP contribution >= 0.6 is 0 Å². The number of quaternary nitrogens is 1. The lowest BCUT2D eigenvalue weighted by Gasteiger charge is -2.52. The first-order chi connectivity index (χ1) is 6.49. The predicted octanol–water partition coefficient (Wildman–Crippen LogP) is 2.67. The summed E-state index contributed by atoms with van der Waals surface area (Å²) in [5.74, 6) is 0. The molecule has 1 fully saturated rings. The van der Waals surface area contributed by atoms with Gasteiger partial charge in [0.1, 0.15) is 6.54 Å². The minimum absolute atomic E-state index is 0.559. The SMILES string of the molecule is CC1(C)C[N+](C)(Cc2ccccc2)C1. The molecule has 76 valence electrons. The summed E-state index contributed by atoms with van der Waals surface area (Å²) in [7, 11) is 2.36. The highest BCUT2D eigenvalue weighted by Crippen LogP contribution is 2.36. The van der Waals surface area contributed by atoms with Crippen LogP contribution in [-0.4, -0.2) is 24.6 Å². The number of benzene rings is 1. The fourth-order valence-corrected chi connectivity index (χ4v) is 3.16. The van der Waals surface area contributed by atoms with E-state index in [9.17, 15) is 0 Å². The van der Waals surface area contributed by atoms with Crippen LogP contribution in [0.3, 0.4) is 0 Å². The molecule has 1 heteroatoms. The van der Waals surface area contributed by atoms with Crippen LogP contribution in [-0.2, 0) is 6.54 Å². The van der Waals surface area contributed by atoms with E-state index in [-0.39, 0.29) is 0 Å². The molecule has 2 rings (SSSR count). The highest BCUT2D eigenvalue weighted by molar-refractivity contribution is 5.13. The molecule has 0 N–H and O–H groups in total. The lowest BCUT2D eigenvalue weighted by molar-refractivity contribution is -0.977. The Hall–Kier alpha value is -0.820. The summed E-state index contributed by atoms with van der Waals surface area (Å²) in [6.07, 6.45) is 0. The van der Waals surface area contributed by atoms with E-state index in [1.54, 1.807) is 0 Å². The molecule has 1 nitrogen and oxygen atoms in total. The zero-order valence-corrected chi connectivity index (χ0v) is 9.46. The molecule has 1 saturated heterocycles. The van der Waals surface area contributed by atoms with Gasteiger partial charge in [-0.1, -0.05) is 30.3 Å². The number of hydrogen-bond donors (Lipinski definition) is 0. The quantitative estimate of drug-likeness (QED) is 0.629. The molecule has 14 heavy (non-hydrogen) atoms. The summed E-state index contributed by atoms with van der Waals surface area (Å²) < 4.78 is 1.21. The van der Waals surface area contributed by atoms with Gasteiger partial charge < -0.3 is 4.48 Å². The Labute approximate surface area is 86.9 Å². The van der Waals surface area contributed by atoms with Crippen molar-refractivity contribution in [2.45, 2.75) is 20.4 Å². The van der Waals surface area contributed by atoms with Gasteiger partial charge in [0.2, 0.25) is 0 Å². The molecule has 0 saturated carbocycles. The maximum Gasteiger partial charge on any atom is 0.104 e. The number of likely N-dealkylation sites (tertiary alicyclic amines) is 1. The van der Waals surface area contributed by atoms with Gasteiger partial charge in [0.25, 0.3) is 0 Å². The Kier molecular flexibility index (Phi) is 2.15. The Bertz CT molecular complexity index is 305. The molecule has 0 amide bonds. The lowest BCUT2D eigenvalue weighted by atomic mass is 9.81. The number of hydrogen-bond acceptors (Lipinski definition) is 0. The van der Waals surface area contributed by atoms with Gasteiger partial charge in [0, 0.05) is 5.56 Å². The Morgan fingerprint density at radius 3 is 2.21 bits per heavy atom. The smallest absolute Gasteiger partial charge is 0.104 e. The van der Waals surface area contributed by atoms with Crippen LogP contribution in [0.25, 0.3) is 0 Å². The summed E-state index contributed by atoms with van der Waals surface area (Å²) in [4.78, 5) is 0. The molecule has 1 aliphatic rings. The van der Waals surface area contributed by atoms with E-state index in [0.717, 1.165) is 0 Å². The zero-order valence-electron chi connectivity index (χ0n) is 9.46. The average Bonchev–Trinajstić information content (AvgIpc) is 2.01. The average molecular weight is 190 g/mol. The van der Waals surface area contributed by atoms with Crippen molar-refractivity contribution in [1.29, 1.82) is 0 Å². The molecule has 1 aromatic carbocycles. The molecule has 0 unspecified atom stereocenters. The first-order valence-corrected chi connectivity index (χ1v) is 5.37. The summed E-state index contributed by atoms with van der Waals surface area (Å²) in [6.45, 7) is 8.52. The highest BCUT2D eigenvalue weighted by Gasteiger charge is 2.46. The summed E-state index contributed by atoms with van der Waals surface area (Å²) in [6, 6.07) is 10.8. The van der Waals surface area contributed by atoms with Crippen molar-refractivity contribution in [2.24, 2.45) is 5.41 Å². The second-order valence-corrected chi connectivity index (χ2v) is 5.74. The molecule has 0 aromatic heterocycles. The third-order valence-corrected chi connectivity index (χ3v) is 3.03. The van der Waals surface area contributed by atoms with E-state index < -0.39 is 0 Å². The van der Waals surface area contributed by atoms with E-state index >= 15 is 0 Å². The lowest BCUT2D eigenvalue weighted by Crippen LogP contribution is -2.64. The van der Waals surface area contributed by atoms with Gasteiger partial charge in [-0.05, 0) is 13.8 Å². The van der Waals surface area contributed by atoms with Crippen molar-refractivity contribution in [3.8, 4) is 0 Å². The molecule has 0 radical (unpaired) electrons. The Balaban J connectivity index is 2.00. The molecule has 0 spiro atoms. The van der Waals surface area contributed by atoms with Crippen LogP contribution in [0.4, 0.5) is 0 Å². The van der Waals surface area contributed by atoms with E-state index in [2.05, 4.69) is 51.2 Å². The van der Waals surface area contributed by atoms with Crippen LogP contribution in [0, 0.1) is 5.41 Å². The molecule has 1 aliphatic heterocycles. The molecular formula is C13H20N+. The van der Waals surface area contributed by atoms with Crippen LogP contribution in [0.2, 0.25) is 0 Å².